The molecule has 142 valence electrons. The predicted octanol–water partition coefficient (Wildman–Crippen LogP) is 2.88. The number of rotatable bonds is 5. The quantitative estimate of drug-likeness (QED) is 0.644. The summed E-state index contributed by atoms with van der Waals surface area (Å²) in [6.07, 6.45) is 3.05. The summed E-state index contributed by atoms with van der Waals surface area (Å²) >= 11 is 7.72. The number of benzene rings is 1. The van der Waals surface area contributed by atoms with E-state index in [1.165, 1.54) is 15.3 Å². The maximum absolute atomic E-state index is 13.5. The largest absolute Gasteiger partial charge is 0.355 e. The van der Waals surface area contributed by atoms with E-state index in [9.17, 15) is 4.79 Å². The zero-order valence-electron chi connectivity index (χ0n) is 15.6. The highest BCUT2D eigenvalue weighted by molar-refractivity contribution is 7.18. The highest BCUT2D eigenvalue weighted by Crippen LogP contribution is 2.30. The van der Waals surface area contributed by atoms with E-state index < -0.39 is 0 Å². The van der Waals surface area contributed by atoms with Crippen LogP contribution in [0.15, 0.2) is 29.1 Å². The molecule has 0 aliphatic carbocycles. The van der Waals surface area contributed by atoms with Crippen molar-refractivity contribution in [3.8, 4) is 5.69 Å². The van der Waals surface area contributed by atoms with Gasteiger partial charge >= 0.3 is 0 Å². The van der Waals surface area contributed by atoms with Crippen LogP contribution in [-0.2, 0) is 13.0 Å². The van der Waals surface area contributed by atoms with Gasteiger partial charge in [-0.2, -0.15) is 0 Å². The van der Waals surface area contributed by atoms with Gasteiger partial charge in [-0.05, 0) is 36.2 Å². The zero-order chi connectivity index (χ0) is 19.0. The van der Waals surface area contributed by atoms with Crippen molar-refractivity contribution >= 4 is 39.1 Å². The lowest BCUT2D eigenvalue weighted by Crippen LogP contribution is -3.08. The summed E-state index contributed by atoms with van der Waals surface area (Å²) in [5.41, 5.74) is 2.00. The standard InChI is InChI=1S/C20H23ClN4OS/c1-3-4-10-22-20-23-18-17(15-9-11-24(2)12-16(15)27-18)19(26)25(20)14-7-5-13(21)6-8-14/h5-8H,3-4,9-12H2,1-2H3,(H,22,23)/p+1. The van der Waals surface area contributed by atoms with Crippen LogP contribution in [0.2, 0.25) is 5.02 Å². The Labute approximate surface area is 167 Å². The molecule has 1 unspecified atom stereocenters. The van der Waals surface area contributed by atoms with Crippen LogP contribution >= 0.6 is 22.9 Å². The molecule has 5 nitrogen and oxygen atoms in total. The summed E-state index contributed by atoms with van der Waals surface area (Å²) in [7, 11) is 2.20. The first-order valence-corrected chi connectivity index (χ1v) is 10.7. The van der Waals surface area contributed by atoms with Crippen LogP contribution in [0.5, 0.6) is 0 Å². The first-order chi connectivity index (χ1) is 13.1. The van der Waals surface area contributed by atoms with Crippen LogP contribution in [0, 0.1) is 0 Å². The number of nitrogens with zero attached hydrogens (tertiary/aromatic N) is 2. The number of hydrogen-bond donors (Lipinski definition) is 2. The van der Waals surface area contributed by atoms with Gasteiger partial charge in [0.05, 0.1) is 29.5 Å². The van der Waals surface area contributed by atoms with Gasteiger partial charge in [-0.25, -0.2) is 9.55 Å². The van der Waals surface area contributed by atoms with Gasteiger partial charge in [-0.3, -0.25) is 4.79 Å². The smallest absolute Gasteiger partial charge is 0.268 e. The minimum Gasteiger partial charge on any atom is -0.355 e. The Balaban J connectivity index is 1.92. The third-order valence-corrected chi connectivity index (χ3v) is 6.45. The van der Waals surface area contributed by atoms with E-state index >= 15 is 0 Å². The molecule has 0 bridgehead atoms. The minimum absolute atomic E-state index is 0.0124. The van der Waals surface area contributed by atoms with Crippen LogP contribution in [0.3, 0.4) is 0 Å². The first kappa shape index (κ1) is 18.5. The summed E-state index contributed by atoms with van der Waals surface area (Å²) in [5, 5.41) is 4.81. The number of hydrogen-bond acceptors (Lipinski definition) is 4. The van der Waals surface area contributed by atoms with Gasteiger partial charge in [0.2, 0.25) is 5.95 Å². The number of anilines is 1. The number of likely N-dealkylation sites (N-methyl/N-ethyl adjacent to an activating group) is 1. The summed E-state index contributed by atoms with van der Waals surface area (Å²) < 4.78 is 1.70. The fourth-order valence-electron chi connectivity index (χ4n) is 3.58. The average Bonchev–Trinajstić information content (AvgIpc) is 3.00. The van der Waals surface area contributed by atoms with Gasteiger partial charge in [0.1, 0.15) is 11.4 Å². The molecule has 7 heteroatoms. The lowest BCUT2D eigenvalue weighted by atomic mass is 10.1. The number of unbranched alkanes of at least 4 members (excludes halogenated alkanes) is 1. The lowest BCUT2D eigenvalue weighted by molar-refractivity contribution is -0.895. The van der Waals surface area contributed by atoms with Crippen LogP contribution in [0.1, 0.15) is 30.2 Å². The molecule has 0 fully saturated rings. The molecule has 0 radical (unpaired) electrons. The highest BCUT2D eigenvalue weighted by Gasteiger charge is 2.26. The Morgan fingerprint density at radius 3 is 2.85 bits per heavy atom. The van der Waals surface area contributed by atoms with Crippen LogP contribution in [0.25, 0.3) is 15.9 Å². The third kappa shape index (κ3) is 3.49. The van der Waals surface area contributed by atoms with Gasteiger partial charge in [0, 0.05) is 18.0 Å². The van der Waals surface area contributed by atoms with E-state index in [0.29, 0.717) is 11.0 Å². The Hall–Kier alpha value is -1.89. The van der Waals surface area contributed by atoms with Gasteiger partial charge in [-0.15, -0.1) is 11.3 Å². The molecule has 27 heavy (non-hydrogen) atoms. The van der Waals surface area contributed by atoms with E-state index in [1.807, 2.05) is 24.3 Å². The molecule has 0 saturated carbocycles. The van der Waals surface area contributed by atoms with Gasteiger partial charge in [0.15, 0.2) is 0 Å². The highest BCUT2D eigenvalue weighted by atomic mass is 35.5. The van der Waals surface area contributed by atoms with Gasteiger partial charge < -0.3 is 10.2 Å². The molecule has 3 heterocycles. The SMILES string of the molecule is CCCCNc1nc2sc3c(c2c(=O)n1-c1ccc(Cl)cc1)CC[NH+](C)C3. The monoisotopic (exact) mass is 403 g/mol. The van der Waals surface area contributed by atoms with Crippen molar-refractivity contribution in [2.45, 2.75) is 32.7 Å². The predicted molar refractivity (Wildman–Crippen MR) is 113 cm³/mol. The first-order valence-electron chi connectivity index (χ1n) is 9.47. The van der Waals surface area contributed by atoms with E-state index in [0.717, 1.165) is 54.8 Å². The van der Waals surface area contributed by atoms with Crippen molar-refractivity contribution in [1.29, 1.82) is 0 Å². The summed E-state index contributed by atoms with van der Waals surface area (Å²) in [6, 6.07) is 7.37. The van der Waals surface area contributed by atoms with Gasteiger partial charge in [0.25, 0.3) is 5.56 Å². The Morgan fingerprint density at radius 2 is 2.11 bits per heavy atom. The van der Waals surface area contributed by atoms with Gasteiger partial charge in [-0.1, -0.05) is 24.9 Å². The Morgan fingerprint density at radius 1 is 1.33 bits per heavy atom. The second kappa shape index (κ2) is 7.62. The van der Waals surface area contributed by atoms with Crippen molar-refractivity contribution in [2.24, 2.45) is 0 Å². The minimum atomic E-state index is 0.0124. The van der Waals surface area contributed by atoms with Crippen molar-refractivity contribution < 1.29 is 4.90 Å². The topological polar surface area (TPSA) is 51.4 Å². The maximum Gasteiger partial charge on any atom is 0.268 e. The summed E-state index contributed by atoms with van der Waals surface area (Å²) in [4.78, 5) is 22.0. The molecule has 0 amide bonds. The summed E-state index contributed by atoms with van der Waals surface area (Å²) in [5.74, 6) is 0.613. The van der Waals surface area contributed by atoms with Crippen molar-refractivity contribution in [3.05, 3.63) is 50.1 Å². The zero-order valence-corrected chi connectivity index (χ0v) is 17.2. The molecule has 1 aliphatic heterocycles. The molecule has 1 atom stereocenters. The van der Waals surface area contributed by atoms with E-state index in [-0.39, 0.29) is 5.56 Å². The van der Waals surface area contributed by atoms with Crippen molar-refractivity contribution in [2.75, 3.05) is 25.5 Å². The molecular formula is C20H24ClN4OS+. The molecule has 4 rings (SSSR count). The number of nitrogens with one attached hydrogen (secondary N) is 2. The van der Waals surface area contributed by atoms with E-state index in [4.69, 9.17) is 16.6 Å². The fraction of sp³-hybridized carbons (Fsp3) is 0.400. The molecular weight excluding hydrogens is 380 g/mol. The third-order valence-electron chi connectivity index (χ3n) is 5.07. The van der Waals surface area contributed by atoms with Crippen LogP contribution in [-0.4, -0.2) is 29.7 Å². The second-order valence-electron chi connectivity index (χ2n) is 7.15. The molecule has 0 saturated heterocycles. The number of aromatic nitrogens is 2. The lowest BCUT2D eigenvalue weighted by Gasteiger charge is -2.19. The van der Waals surface area contributed by atoms with Crippen molar-refractivity contribution in [3.63, 3.8) is 0 Å². The Bertz CT molecular complexity index is 1030. The maximum atomic E-state index is 13.5. The molecule has 2 aromatic heterocycles. The second-order valence-corrected chi connectivity index (χ2v) is 8.67. The molecule has 3 aromatic rings. The number of quaternary nitrogens is 1. The van der Waals surface area contributed by atoms with E-state index in [1.54, 1.807) is 15.9 Å². The Kier molecular flexibility index (Phi) is 5.21. The van der Waals surface area contributed by atoms with E-state index in [2.05, 4.69) is 19.3 Å². The molecule has 1 aromatic carbocycles. The number of thiophene rings is 1. The van der Waals surface area contributed by atoms with Crippen LogP contribution < -0.4 is 15.8 Å². The van der Waals surface area contributed by atoms with Crippen molar-refractivity contribution in [1.82, 2.24) is 9.55 Å². The number of fused-ring (bicyclic) bond motifs is 3. The molecule has 0 spiro atoms. The fourth-order valence-corrected chi connectivity index (χ4v) is 5.03. The van der Waals surface area contributed by atoms with Crippen LogP contribution in [0.4, 0.5) is 5.95 Å². The molecule has 1 aliphatic rings. The normalized spacial score (nSPS) is 16.5. The average molecular weight is 404 g/mol. The molecule has 2 N–H and O–H groups in total. The number of halogens is 1. The summed E-state index contributed by atoms with van der Waals surface area (Å²) in [6.45, 7) is 4.96.